The maximum absolute atomic E-state index is 10.5. The molecule has 3 heteroatoms. The third kappa shape index (κ3) is 11.3. The largest absolute Gasteiger partial charge is 0.504 e. The second-order valence-electron chi connectivity index (χ2n) is 8.63. The molecule has 1 aromatic rings. The second-order valence-corrected chi connectivity index (χ2v) is 9.49. The molecule has 0 aliphatic heterocycles. The van der Waals surface area contributed by atoms with Crippen molar-refractivity contribution >= 4 is 15.9 Å². The summed E-state index contributed by atoms with van der Waals surface area (Å²) in [5.41, 5.74) is 2.17. The van der Waals surface area contributed by atoms with E-state index in [1.807, 2.05) is 0 Å². The average molecular weight is 470 g/mol. The molecule has 1 aromatic carbocycles. The number of hydrogen-bond donors (Lipinski definition) is 2. The molecule has 2 nitrogen and oxygen atoms in total. The zero-order chi connectivity index (χ0) is 21.3. The summed E-state index contributed by atoms with van der Waals surface area (Å²) in [7, 11) is 0. The summed E-state index contributed by atoms with van der Waals surface area (Å²) in [6.07, 6.45) is 22.5. The van der Waals surface area contributed by atoms with Crippen molar-refractivity contribution in [2.24, 2.45) is 0 Å². The molecule has 0 bridgehead atoms. The minimum Gasteiger partial charge on any atom is -0.504 e. The summed E-state index contributed by atoms with van der Waals surface area (Å²) < 4.78 is 0.949. The van der Waals surface area contributed by atoms with Crippen molar-refractivity contribution in [2.45, 2.75) is 129 Å². The Balaban J connectivity index is 2.42. The van der Waals surface area contributed by atoms with Crippen LogP contribution in [-0.4, -0.2) is 10.2 Å². The lowest BCUT2D eigenvalue weighted by atomic mass is 9.95. The topological polar surface area (TPSA) is 40.5 Å². The van der Waals surface area contributed by atoms with Gasteiger partial charge in [-0.15, -0.1) is 0 Å². The molecule has 0 unspecified atom stereocenters. The standard InChI is InChI=1S/C26H45BrO2/c1-3-5-7-9-11-13-15-17-19-22-23(26(29)25(28)21-24(22)27)20-18-16-14-12-10-8-6-4-2/h21,28-29H,3-20H2,1-2H3. The third-order valence-electron chi connectivity index (χ3n) is 6.01. The van der Waals surface area contributed by atoms with Crippen LogP contribution >= 0.6 is 15.9 Å². The normalized spacial score (nSPS) is 11.3. The zero-order valence-electron chi connectivity index (χ0n) is 19.1. The summed E-state index contributed by atoms with van der Waals surface area (Å²) in [4.78, 5) is 0. The second kappa shape index (κ2) is 17.0. The molecule has 0 aromatic heterocycles. The number of phenolic OH excluding ortho intramolecular Hbond substituents is 2. The van der Waals surface area contributed by atoms with Gasteiger partial charge >= 0.3 is 0 Å². The smallest absolute Gasteiger partial charge is 0.161 e. The van der Waals surface area contributed by atoms with E-state index in [4.69, 9.17) is 0 Å². The van der Waals surface area contributed by atoms with E-state index in [0.29, 0.717) is 0 Å². The molecular weight excluding hydrogens is 424 g/mol. The third-order valence-corrected chi connectivity index (χ3v) is 6.71. The van der Waals surface area contributed by atoms with Gasteiger partial charge in [0.1, 0.15) is 0 Å². The average Bonchev–Trinajstić information content (AvgIpc) is 2.71. The summed E-state index contributed by atoms with van der Waals surface area (Å²) in [6, 6.07) is 1.66. The molecule has 0 atom stereocenters. The van der Waals surface area contributed by atoms with Crippen LogP contribution in [0.15, 0.2) is 10.5 Å². The summed E-state index contributed by atoms with van der Waals surface area (Å²) >= 11 is 3.63. The van der Waals surface area contributed by atoms with E-state index in [-0.39, 0.29) is 11.5 Å². The van der Waals surface area contributed by atoms with E-state index in [1.165, 1.54) is 95.5 Å². The highest BCUT2D eigenvalue weighted by Gasteiger charge is 2.16. The van der Waals surface area contributed by atoms with E-state index in [0.717, 1.165) is 35.7 Å². The molecule has 0 amide bonds. The maximum atomic E-state index is 10.5. The first-order valence-corrected chi connectivity index (χ1v) is 13.1. The maximum Gasteiger partial charge on any atom is 0.161 e. The van der Waals surface area contributed by atoms with E-state index >= 15 is 0 Å². The highest BCUT2D eigenvalue weighted by Crippen LogP contribution is 2.38. The van der Waals surface area contributed by atoms with Gasteiger partial charge in [-0.05, 0) is 37.3 Å². The Hall–Kier alpha value is -0.700. The number of rotatable bonds is 18. The molecule has 0 saturated heterocycles. The number of benzene rings is 1. The Morgan fingerprint density at radius 2 is 0.966 bits per heavy atom. The molecule has 0 aliphatic carbocycles. The van der Waals surface area contributed by atoms with Gasteiger partial charge in [0.2, 0.25) is 0 Å². The Kier molecular flexibility index (Phi) is 15.5. The first-order valence-electron chi connectivity index (χ1n) is 12.3. The summed E-state index contributed by atoms with van der Waals surface area (Å²) in [6.45, 7) is 4.52. The van der Waals surface area contributed by atoms with Crippen LogP contribution in [-0.2, 0) is 12.8 Å². The SMILES string of the molecule is CCCCCCCCCCc1c(Br)cc(O)c(O)c1CCCCCCCCCC. The predicted octanol–water partition coefficient (Wildman–Crippen LogP) is 9.23. The van der Waals surface area contributed by atoms with Crippen molar-refractivity contribution in [1.29, 1.82) is 0 Å². The summed E-state index contributed by atoms with van der Waals surface area (Å²) in [5, 5.41) is 20.5. The number of halogens is 1. The number of hydrogen-bond acceptors (Lipinski definition) is 2. The van der Waals surface area contributed by atoms with E-state index in [9.17, 15) is 10.2 Å². The van der Waals surface area contributed by atoms with Gasteiger partial charge in [-0.1, -0.05) is 120 Å². The molecule has 0 aliphatic rings. The highest BCUT2D eigenvalue weighted by atomic mass is 79.9. The molecule has 2 N–H and O–H groups in total. The lowest BCUT2D eigenvalue weighted by Gasteiger charge is -2.15. The number of phenols is 2. The quantitative estimate of drug-likeness (QED) is 0.166. The monoisotopic (exact) mass is 468 g/mol. The van der Waals surface area contributed by atoms with Gasteiger partial charge in [0.15, 0.2) is 11.5 Å². The fourth-order valence-electron chi connectivity index (χ4n) is 4.13. The van der Waals surface area contributed by atoms with E-state index in [2.05, 4.69) is 29.8 Å². The van der Waals surface area contributed by atoms with E-state index < -0.39 is 0 Å². The van der Waals surface area contributed by atoms with Crippen LogP contribution in [0.3, 0.4) is 0 Å². The van der Waals surface area contributed by atoms with Crippen molar-refractivity contribution in [3.8, 4) is 11.5 Å². The number of unbranched alkanes of at least 4 members (excludes halogenated alkanes) is 14. The van der Waals surface area contributed by atoms with Gasteiger partial charge in [-0.25, -0.2) is 0 Å². The van der Waals surface area contributed by atoms with Crippen LogP contribution in [0.1, 0.15) is 128 Å². The summed E-state index contributed by atoms with van der Waals surface area (Å²) in [5.74, 6) is 0.108. The first-order chi connectivity index (χ1) is 14.1. The van der Waals surface area contributed by atoms with Crippen molar-refractivity contribution in [3.63, 3.8) is 0 Å². The fourth-order valence-corrected chi connectivity index (χ4v) is 4.78. The van der Waals surface area contributed by atoms with Crippen molar-refractivity contribution in [1.82, 2.24) is 0 Å². The van der Waals surface area contributed by atoms with Crippen molar-refractivity contribution in [3.05, 3.63) is 21.7 Å². The van der Waals surface area contributed by atoms with Gasteiger partial charge in [0.25, 0.3) is 0 Å². The van der Waals surface area contributed by atoms with E-state index in [1.54, 1.807) is 6.07 Å². The zero-order valence-corrected chi connectivity index (χ0v) is 20.7. The fraction of sp³-hybridized carbons (Fsp3) is 0.769. The molecule has 29 heavy (non-hydrogen) atoms. The number of aromatic hydroxyl groups is 2. The van der Waals surface area contributed by atoms with Crippen LogP contribution in [0.2, 0.25) is 0 Å². The Bertz CT molecular complexity index is 542. The lowest BCUT2D eigenvalue weighted by molar-refractivity contribution is 0.397. The van der Waals surface area contributed by atoms with Crippen LogP contribution < -0.4 is 0 Å². The molecule has 168 valence electrons. The molecule has 0 fully saturated rings. The van der Waals surface area contributed by atoms with Crippen molar-refractivity contribution in [2.75, 3.05) is 0 Å². The van der Waals surface area contributed by atoms with Crippen LogP contribution in [0, 0.1) is 0 Å². The molecule has 0 saturated carbocycles. The van der Waals surface area contributed by atoms with Crippen LogP contribution in [0.25, 0.3) is 0 Å². The molecule has 1 rings (SSSR count). The lowest BCUT2D eigenvalue weighted by Crippen LogP contribution is -1.99. The van der Waals surface area contributed by atoms with Crippen molar-refractivity contribution < 1.29 is 10.2 Å². The van der Waals surface area contributed by atoms with Gasteiger partial charge in [0, 0.05) is 10.0 Å². The van der Waals surface area contributed by atoms with Gasteiger partial charge in [-0.3, -0.25) is 0 Å². The highest BCUT2D eigenvalue weighted by molar-refractivity contribution is 9.10. The molecular formula is C26H45BrO2. The Labute approximate surface area is 188 Å². The first kappa shape index (κ1) is 26.3. The minimum atomic E-state index is 0.00566. The predicted molar refractivity (Wildman–Crippen MR) is 130 cm³/mol. The van der Waals surface area contributed by atoms with Gasteiger partial charge < -0.3 is 10.2 Å². The molecule has 0 heterocycles. The van der Waals surface area contributed by atoms with Gasteiger partial charge in [-0.2, -0.15) is 0 Å². The Morgan fingerprint density at radius 1 is 0.586 bits per heavy atom. The Morgan fingerprint density at radius 3 is 1.41 bits per heavy atom. The van der Waals surface area contributed by atoms with Crippen LogP contribution in [0.5, 0.6) is 11.5 Å². The van der Waals surface area contributed by atoms with Crippen LogP contribution in [0.4, 0.5) is 0 Å². The van der Waals surface area contributed by atoms with Gasteiger partial charge in [0.05, 0.1) is 0 Å². The minimum absolute atomic E-state index is 0.00566. The molecule has 0 radical (unpaired) electrons. The molecule has 0 spiro atoms.